The van der Waals surface area contributed by atoms with Gasteiger partial charge >= 0.3 is 5.97 Å². The molecule has 0 amide bonds. The van der Waals surface area contributed by atoms with E-state index in [0.717, 1.165) is 0 Å². The molecule has 1 N–H and O–H groups in total. The molecule has 0 saturated heterocycles. The zero-order valence-electron chi connectivity index (χ0n) is 8.86. The van der Waals surface area contributed by atoms with Gasteiger partial charge in [-0.3, -0.25) is 4.79 Å². The topological polar surface area (TPSA) is 63.6 Å². The Morgan fingerprint density at radius 3 is 2.44 bits per heavy atom. The van der Waals surface area contributed by atoms with Gasteiger partial charge < -0.3 is 9.84 Å². The number of carbonyl (C=O) groups is 2. The Hall–Kier alpha value is -1.36. The highest BCUT2D eigenvalue weighted by atomic mass is 79.9. The second-order valence-corrected chi connectivity index (χ2v) is 4.57. The quantitative estimate of drug-likeness (QED) is 0.682. The zero-order valence-corrected chi connectivity index (χ0v) is 10.4. The van der Waals surface area contributed by atoms with E-state index in [-0.39, 0.29) is 16.9 Å². The summed E-state index contributed by atoms with van der Waals surface area (Å²) in [5.74, 6) is -0.994. The van der Waals surface area contributed by atoms with Gasteiger partial charge in [0.05, 0.1) is 17.5 Å². The average Bonchev–Trinajstić information content (AvgIpc) is 2.26. The maximum absolute atomic E-state index is 11.7. The van der Waals surface area contributed by atoms with E-state index in [1.165, 1.54) is 19.2 Å². The van der Waals surface area contributed by atoms with Gasteiger partial charge in [-0.05, 0) is 25.1 Å². The fraction of sp³-hybridized carbons (Fsp3) is 0.273. The summed E-state index contributed by atoms with van der Waals surface area (Å²) < 4.78 is 4.91. The van der Waals surface area contributed by atoms with Crippen molar-refractivity contribution in [1.82, 2.24) is 0 Å². The second kappa shape index (κ2) is 5.12. The first-order chi connectivity index (χ1) is 7.47. The number of Topliss-reactive ketones (excluding diaryl/α,β-unsaturated/α-hetero) is 1. The standard InChI is InChI=1S/C11H11BrO4/c1-6(12)10(13)8-4-3-7(16-2)5-9(8)11(14)15/h3-6H,1-2H3,(H,14,15). The molecule has 5 heteroatoms. The molecule has 86 valence electrons. The van der Waals surface area contributed by atoms with Crippen LogP contribution in [0.1, 0.15) is 27.6 Å². The van der Waals surface area contributed by atoms with Crippen LogP contribution in [0.4, 0.5) is 0 Å². The Balaban J connectivity index is 3.28. The highest BCUT2D eigenvalue weighted by Gasteiger charge is 2.20. The predicted octanol–water partition coefficient (Wildman–Crippen LogP) is 2.36. The summed E-state index contributed by atoms with van der Waals surface area (Å²) in [7, 11) is 1.44. The Morgan fingerprint density at radius 1 is 1.38 bits per heavy atom. The number of halogens is 1. The van der Waals surface area contributed by atoms with Gasteiger partial charge in [-0.1, -0.05) is 15.9 Å². The molecule has 4 nitrogen and oxygen atoms in total. The predicted molar refractivity (Wildman–Crippen MR) is 62.7 cm³/mol. The molecule has 0 aliphatic rings. The number of hydrogen-bond donors (Lipinski definition) is 1. The molecule has 16 heavy (non-hydrogen) atoms. The number of hydrogen-bond acceptors (Lipinski definition) is 3. The van der Waals surface area contributed by atoms with Crippen molar-refractivity contribution in [2.45, 2.75) is 11.8 Å². The van der Waals surface area contributed by atoms with E-state index in [4.69, 9.17) is 9.84 Å². The molecule has 0 aliphatic carbocycles. The lowest BCUT2D eigenvalue weighted by Crippen LogP contribution is -2.15. The van der Waals surface area contributed by atoms with E-state index >= 15 is 0 Å². The van der Waals surface area contributed by atoms with Gasteiger partial charge in [0.15, 0.2) is 5.78 Å². The molecule has 0 heterocycles. The Kier molecular flexibility index (Phi) is 4.06. The van der Waals surface area contributed by atoms with Gasteiger partial charge in [-0.2, -0.15) is 0 Å². The minimum Gasteiger partial charge on any atom is -0.497 e. The highest BCUT2D eigenvalue weighted by molar-refractivity contribution is 9.10. The van der Waals surface area contributed by atoms with E-state index in [9.17, 15) is 9.59 Å². The summed E-state index contributed by atoms with van der Waals surface area (Å²) in [6.45, 7) is 1.65. The minimum absolute atomic E-state index is 0.0457. The van der Waals surface area contributed by atoms with E-state index in [0.29, 0.717) is 5.75 Å². The first-order valence-corrected chi connectivity index (χ1v) is 5.48. The van der Waals surface area contributed by atoms with Crippen LogP contribution >= 0.6 is 15.9 Å². The number of ketones is 1. The van der Waals surface area contributed by atoms with Crippen molar-refractivity contribution in [3.63, 3.8) is 0 Å². The fourth-order valence-electron chi connectivity index (χ4n) is 1.26. The highest BCUT2D eigenvalue weighted by Crippen LogP contribution is 2.20. The summed E-state index contributed by atoms with van der Waals surface area (Å²) in [6.07, 6.45) is 0. The molecular weight excluding hydrogens is 276 g/mol. The number of rotatable bonds is 4. The smallest absolute Gasteiger partial charge is 0.336 e. The SMILES string of the molecule is COc1ccc(C(=O)C(C)Br)c(C(=O)O)c1. The zero-order chi connectivity index (χ0) is 12.3. The van der Waals surface area contributed by atoms with Crippen LogP contribution in [0, 0.1) is 0 Å². The van der Waals surface area contributed by atoms with E-state index in [1.54, 1.807) is 13.0 Å². The molecule has 1 atom stereocenters. The fourth-order valence-corrected chi connectivity index (χ4v) is 1.50. The van der Waals surface area contributed by atoms with Crippen molar-refractivity contribution in [3.05, 3.63) is 29.3 Å². The minimum atomic E-state index is -1.14. The molecule has 1 rings (SSSR count). The Morgan fingerprint density at radius 2 is 2.00 bits per heavy atom. The molecule has 0 spiro atoms. The molecule has 0 aliphatic heterocycles. The van der Waals surface area contributed by atoms with Gasteiger partial charge in [0.25, 0.3) is 0 Å². The summed E-state index contributed by atoms with van der Waals surface area (Å²) in [6, 6.07) is 4.36. The summed E-state index contributed by atoms with van der Waals surface area (Å²) in [4.78, 5) is 22.3. The first kappa shape index (κ1) is 12.7. The molecule has 0 saturated carbocycles. The Labute approximate surface area is 101 Å². The van der Waals surface area contributed by atoms with Gasteiger partial charge in [-0.25, -0.2) is 4.79 Å². The molecule has 0 bridgehead atoms. The van der Waals surface area contributed by atoms with Crippen LogP contribution in [0.25, 0.3) is 0 Å². The van der Waals surface area contributed by atoms with E-state index < -0.39 is 10.8 Å². The first-order valence-electron chi connectivity index (χ1n) is 4.57. The molecular formula is C11H11BrO4. The lowest BCUT2D eigenvalue weighted by Gasteiger charge is -2.08. The largest absolute Gasteiger partial charge is 0.497 e. The maximum atomic E-state index is 11.7. The third kappa shape index (κ3) is 2.61. The van der Waals surface area contributed by atoms with Gasteiger partial charge in [0.2, 0.25) is 0 Å². The van der Waals surface area contributed by atoms with Crippen LogP contribution in [0.3, 0.4) is 0 Å². The molecule has 1 aromatic rings. The van der Waals surface area contributed by atoms with Crippen molar-refractivity contribution in [2.75, 3.05) is 7.11 Å². The second-order valence-electron chi connectivity index (χ2n) is 3.20. The van der Waals surface area contributed by atoms with Crippen LogP contribution in [0.15, 0.2) is 18.2 Å². The van der Waals surface area contributed by atoms with Crippen LogP contribution in [0.2, 0.25) is 0 Å². The summed E-state index contributed by atoms with van der Waals surface area (Å²) in [5, 5.41) is 8.99. The van der Waals surface area contributed by atoms with Crippen molar-refractivity contribution in [1.29, 1.82) is 0 Å². The molecule has 0 fully saturated rings. The monoisotopic (exact) mass is 286 g/mol. The van der Waals surface area contributed by atoms with Gasteiger partial charge in [-0.15, -0.1) is 0 Å². The lowest BCUT2D eigenvalue weighted by atomic mass is 10.0. The van der Waals surface area contributed by atoms with Crippen molar-refractivity contribution >= 4 is 27.7 Å². The van der Waals surface area contributed by atoms with E-state index in [2.05, 4.69) is 15.9 Å². The average molecular weight is 287 g/mol. The third-order valence-corrected chi connectivity index (χ3v) is 2.50. The number of ether oxygens (including phenoxy) is 1. The number of carbonyl (C=O) groups excluding carboxylic acids is 1. The third-order valence-electron chi connectivity index (χ3n) is 2.08. The maximum Gasteiger partial charge on any atom is 0.336 e. The normalized spacial score (nSPS) is 11.9. The molecule has 0 aromatic heterocycles. The number of benzene rings is 1. The molecule has 1 aromatic carbocycles. The van der Waals surface area contributed by atoms with Gasteiger partial charge in [0, 0.05) is 5.56 Å². The molecule has 1 unspecified atom stereocenters. The number of carboxylic acids is 1. The lowest BCUT2D eigenvalue weighted by molar-refractivity contribution is 0.0691. The number of methoxy groups -OCH3 is 1. The van der Waals surface area contributed by atoms with Crippen molar-refractivity contribution < 1.29 is 19.4 Å². The van der Waals surface area contributed by atoms with Crippen molar-refractivity contribution in [2.24, 2.45) is 0 Å². The van der Waals surface area contributed by atoms with Gasteiger partial charge in [0.1, 0.15) is 5.75 Å². The van der Waals surface area contributed by atoms with Crippen LogP contribution in [-0.4, -0.2) is 28.8 Å². The molecule has 0 radical (unpaired) electrons. The van der Waals surface area contributed by atoms with Crippen LogP contribution in [-0.2, 0) is 0 Å². The number of alkyl halides is 1. The van der Waals surface area contributed by atoms with Crippen LogP contribution < -0.4 is 4.74 Å². The Bertz CT molecular complexity index is 426. The van der Waals surface area contributed by atoms with E-state index in [1.807, 2.05) is 0 Å². The number of aromatic carboxylic acids is 1. The number of carboxylic acid groups (broad SMARTS) is 1. The summed E-state index contributed by atoms with van der Waals surface area (Å²) in [5.41, 5.74) is 0.133. The summed E-state index contributed by atoms with van der Waals surface area (Å²) >= 11 is 3.12. The van der Waals surface area contributed by atoms with Crippen molar-refractivity contribution in [3.8, 4) is 5.75 Å². The van der Waals surface area contributed by atoms with Crippen LogP contribution in [0.5, 0.6) is 5.75 Å².